The summed E-state index contributed by atoms with van der Waals surface area (Å²) in [7, 11) is 3.04. The van der Waals surface area contributed by atoms with Crippen molar-refractivity contribution in [1.82, 2.24) is 14.1 Å². The Bertz CT molecular complexity index is 1210. The number of amides is 1. The maximum Gasteiger partial charge on any atom is 0.295 e. The van der Waals surface area contributed by atoms with Gasteiger partial charge in [-0.15, -0.1) is 0 Å². The molecule has 2 aromatic rings. The molecule has 1 atom stereocenters. The summed E-state index contributed by atoms with van der Waals surface area (Å²) < 4.78 is 25.8. The lowest BCUT2D eigenvalue weighted by atomic mass is 9.95. The van der Waals surface area contributed by atoms with Crippen LogP contribution in [0.15, 0.2) is 59.0 Å². The molecule has 0 aliphatic carbocycles. The number of hydrogen-bond donors (Lipinski definition) is 1. The number of Topliss-reactive ketones (excluding diaryl/α,β-unsaturated/α-hetero) is 1. The average Bonchev–Trinajstić information content (AvgIpc) is 3.04. The van der Waals surface area contributed by atoms with Crippen LogP contribution in [0.4, 0.5) is 0 Å². The van der Waals surface area contributed by atoms with Crippen molar-refractivity contribution in [3.05, 3.63) is 70.3 Å². The zero-order valence-electron chi connectivity index (χ0n) is 19.5. The minimum atomic E-state index is -3.65. The maximum atomic E-state index is 13.0. The first-order valence-electron chi connectivity index (χ1n) is 10.7. The van der Waals surface area contributed by atoms with E-state index in [0.717, 1.165) is 10.8 Å². The number of aliphatic hydroxyl groups excluding tert-OH is 1. The number of carbonyl (C=O) groups excluding carboxylic acids is 2. The molecular weight excluding hydrogens is 478 g/mol. The van der Waals surface area contributed by atoms with Crippen molar-refractivity contribution >= 4 is 39.1 Å². The lowest BCUT2D eigenvalue weighted by molar-refractivity contribution is -0.139. The molecule has 1 aliphatic heterocycles. The Labute approximate surface area is 205 Å². The number of ketones is 1. The van der Waals surface area contributed by atoms with Crippen LogP contribution < -0.4 is 0 Å². The van der Waals surface area contributed by atoms with E-state index in [9.17, 15) is 23.1 Å². The average molecular weight is 506 g/mol. The molecule has 1 N–H and O–H groups in total. The normalized spacial score (nSPS) is 18.3. The quantitative estimate of drug-likeness (QED) is 0.336. The van der Waals surface area contributed by atoms with Crippen LogP contribution in [0.3, 0.4) is 0 Å². The van der Waals surface area contributed by atoms with E-state index < -0.39 is 27.8 Å². The Kier molecular flexibility index (Phi) is 7.82. The van der Waals surface area contributed by atoms with E-state index in [0.29, 0.717) is 23.6 Å². The van der Waals surface area contributed by atoms with Crippen molar-refractivity contribution in [3.63, 3.8) is 0 Å². The van der Waals surface area contributed by atoms with Crippen molar-refractivity contribution in [1.29, 1.82) is 0 Å². The molecule has 10 heteroatoms. The molecule has 34 heavy (non-hydrogen) atoms. The number of halogens is 1. The van der Waals surface area contributed by atoms with Crippen LogP contribution in [-0.2, 0) is 19.6 Å². The Balaban J connectivity index is 2.08. The third kappa shape index (κ3) is 5.17. The first-order chi connectivity index (χ1) is 15.9. The van der Waals surface area contributed by atoms with E-state index in [4.69, 9.17) is 11.6 Å². The third-order valence-electron chi connectivity index (χ3n) is 5.64. The summed E-state index contributed by atoms with van der Waals surface area (Å²) in [6.07, 6.45) is 0.640. The van der Waals surface area contributed by atoms with E-state index in [1.807, 2.05) is 19.0 Å². The maximum absolute atomic E-state index is 13.0. The topological polar surface area (TPSA) is 98.2 Å². The van der Waals surface area contributed by atoms with Crippen LogP contribution in [0.5, 0.6) is 0 Å². The van der Waals surface area contributed by atoms with Gasteiger partial charge in [-0.1, -0.05) is 23.7 Å². The summed E-state index contributed by atoms with van der Waals surface area (Å²) in [6, 6.07) is 11.5. The van der Waals surface area contributed by atoms with Crippen molar-refractivity contribution in [3.8, 4) is 0 Å². The minimum Gasteiger partial charge on any atom is -0.507 e. The number of sulfonamides is 1. The summed E-state index contributed by atoms with van der Waals surface area (Å²) in [5, 5.41) is 11.6. The second-order valence-corrected chi connectivity index (χ2v) is 11.1. The van der Waals surface area contributed by atoms with Gasteiger partial charge in [0.05, 0.1) is 16.5 Å². The van der Waals surface area contributed by atoms with Gasteiger partial charge in [-0.2, -0.15) is 0 Å². The van der Waals surface area contributed by atoms with Crippen LogP contribution in [0, 0.1) is 0 Å². The van der Waals surface area contributed by atoms with E-state index in [2.05, 4.69) is 0 Å². The Morgan fingerprint density at radius 1 is 1.00 bits per heavy atom. The fourth-order valence-electron chi connectivity index (χ4n) is 3.81. The number of aliphatic hydroxyl groups is 1. The van der Waals surface area contributed by atoms with Crippen LogP contribution in [0.1, 0.15) is 23.6 Å². The zero-order chi connectivity index (χ0) is 25.2. The SMILES string of the molecule is CN(C)CCCN1C(=O)C(=O)/C(=C(\O)c2ccc(S(=O)(=O)N(C)C)cc2)C1c1ccc(Cl)cc1. The molecule has 1 unspecified atom stereocenters. The third-order valence-corrected chi connectivity index (χ3v) is 7.72. The molecule has 2 aromatic carbocycles. The molecule has 0 radical (unpaired) electrons. The first kappa shape index (κ1) is 25.9. The highest BCUT2D eigenvalue weighted by molar-refractivity contribution is 7.89. The van der Waals surface area contributed by atoms with Crippen LogP contribution in [-0.4, -0.2) is 80.6 Å². The summed E-state index contributed by atoms with van der Waals surface area (Å²) in [5.74, 6) is -1.83. The Morgan fingerprint density at radius 3 is 2.12 bits per heavy atom. The van der Waals surface area contributed by atoms with Crippen molar-refractivity contribution in [2.24, 2.45) is 0 Å². The van der Waals surface area contributed by atoms with Gasteiger partial charge in [-0.25, -0.2) is 12.7 Å². The van der Waals surface area contributed by atoms with Gasteiger partial charge in [0.15, 0.2) is 0 Å². The minimum absolute atomic E-state index is 0.0413. The molecule has 1 saturated heterocycles. The first-order valence-corrected chi connectivity index (χ1v) is 12.5. The molecule has 0 spiro atoms. The molecule has 1 amide bonds. The lowest BCUT2D eigenvalue weighted by Gasteiger charge is -2.26. The van der Waals surface area contributed by atoms with Gasteiger partial charge in [-0.05, 0) is 69.0 Å². The van der Waals surface area contributed by atoms with Crippen molar-refractivity contribution < 1.29 is 23.1 Å². The molecule has 0 aromatic heterocycles. The largest absolute Gasteiger partial charge is 0.507 e. The van der Waals surface area contributed by atoms with Crippen LogP contribution in [0.2, 0.25) is 5.02 Å². The Morgan fingerprint density at radius 2 is 1.59 bits per heavy atom. The second-order valence-electron chi connectivity index (χ2n) is 8.51. The van der Waals surface area contributed by atoms with Gasteiger partial charge in [0.2, 0.25) is 10.0 Å². The molecule has 8 nitrogen and oxygen atoms in total. The fraction of sp³-hybridized carbons (Fsp3) is 0.333. The number of benzene rings is 2. The van der Waals surface area contributed by atoms with E-state index >= 15 is 0 Å². The number of nitrogens with zero attached hydrogens (tertiary/aromatic N) is 3. The number of likely N-dealkylation sites (tertiary alicyclic amines) is 1. The predicted octanol–water partition coefficient (Wildman–Crippen LogP) is 2.96. The predicted molar refractivity (Wildman–Crippen MR) is 131 cm³/mol. The standard InChI is InChI=1S/C24H28ClN3O5S/c1-26(2)14-5-15-28-21(16-6-10-18(25)11-7-16)20(23(30)24(28)31)22(29)17-8-12-19(13-9-17)34(32,33)27(3)4/h6-13,21,29H,5,14-15H2,1-4H3/b22-20-. The second kappa shape index (κ2) is 10.3. The van der Waals surface area contributed by atoms with Gasteiger partial charge >= 0.3 is 0 Å². The Hall–Kier alpha value is -2.72. The van der Waals surface area contributed by atoms with Gasteiger partial charge in [-0.3, -0.25) is 9.59 Å². The van der Waals surface area contributed by atoms with E-state index in [1.165, 1.54) is 43.3 Å². The number of hydrogen-bond acceptors (Lipinski definition) is 6. The highest BCUT2D eigenvalue weighted by atomic mass is 35.5. The van der Waals surface area contributed by atoms with Gasteiger partial charge < -0.3 is 14.9 Å². The number of carbonyl (C=O) groups is 2. The monoisotopic (exact) mass is 505 g/mol. The smallest absolute Gasteiger partial charge is 0.295 e. The van der Waals surface area contributed by atoms with Crippen molar-refractivity contribution in [2.45, 2.75) is 17.4 Å². The molecule has 3 rings (SSSR count). The lowest BCUT2D eigenvalue weighted by Crippen LogP contribution is -2.32. The van der Waals surface area contributed by atoms with Gasteiger partial charge in [0.25, 0.3) is 11.7 Å². The summed E-state index contributed by atoms with van der Waals surface area (Å²) in [5.41, 5.74) is 0.838. The highest BCUT2D eigenvalue weighted by Gasteiger charge is 2.45. The molecular formula is C24H28ClN3O5S. The summed E-state index contributed by atoms with van der Waals surface area (Å²) in [6.45, 7) is 1.05. The van der Waals surface area contributed by atoms with Crippen molar-refractivity contribution in [2.75, 3.05) is 41.3 Å². The fourth-order valence-corrected chi connectivity index (χ4v) is 4.84. The summed E-state index contributed by atoms with van der Waals surface area (Å²) >= 11 is 6.03. The molecule has 1 aliphatic rings. The molecule has 1 fully saturated rings. The van der Waals surface area contributed by atoms with Gasteiger partial charge in [0.1, 0.15) is 5.76 Å². The molecule has 0 saturated carbocycles. The molecule has 182 valence electrons. The van der Waals surface area contributed by atoms with Gasteiger partial charge in [0, 0.05) is 31.2 Å². The highest BCUT2D eigenvalue weighted by Crippen LogP contribution is 2.39. The van der Waals surface area contributed by atoms with Crippen LogP contribution in [0.25, 0.3) is 5.76 Å². The molecule has 0 bridgehead atoms. The zero-order valence-corrected chi connectivity index (χ0v) is 21.1. The molecule has 1 heterocycles. The van der Waals surface area contributed by atoms with Crippen LogP contribution >= 0.6 is 11.6 Å². The van der Waals surface area contributed by atoms with E-state index in [1.54, 1.807) is 24.3 Å². The number of rotatable bonds is 8. The van der Waals surface area contributed by atoms with E-state index in [-0.39, 0.29) is 21.8 Å². The summed E-state index contributed by atoms with van der Waals surface area (Å²) in [4.78, 5) is 29.5.